The molecule has 2 nitrogen and oxygen atoms in total. The average molecular weight is 390 g/mol. The van der Waals surface area contributed by atoms with Crippen LogP contribution in [0.5, 0.6) is 0 Å². The average Bonchev–Trinajstić information content (AvgIpc) is 2.66. The van der Waals surface area contributed by atoms with Gasteiger partial charge in [0.25, 0.3) is 0 Å². The van der Waals surface area contributed by atoms with Gasteiger partial charge in [0.1, 0.15) is 0 Å². The molecule has 4 heteroatoms. The molecule has 0 unspecified atom stereocenters. The lowest BCUT2D eigenvalue weighted by molar-refractivity contribution is -0.121. The molecule has 1 atom stereocenters. The Morgan fingerprint density at radius 3 is 2.54 bits per heavy atom. The Morgan fingerprint density at radius 1 is 1.04 bits per heavy atom. The fraction of sp³-hybridized carbons (Fsp3) is 0.409. The molecule has 2 aromatic rings. The zero-order valence-corrected chi connectivity index (χ0v) is 16.7. The number of halogens is 2. The minimum atomic E-state index is 0.0700. The van der Waals surface area contributed by atoms with Gasteiger partial charge in [-0.05, 0) is 72.9 Å². The van der Waals surface area contributed by atoms with E-state index in [0.29, 0.717) is 22.9 Å². The standard InChI is InChI=1S/C22H25Cl2NO/c1-2-21(18-10-9-16-5-3-4-6-17(16)14-18)25-22(26)12-8-15-7-11-19(23)20(24)13-15/h7,9-11,13-14,21H,2-6,8,12H2,1H3,(H,25,26)/t21-/m1/s1. The summed E-state index contributed by atoms with van der Waals surface area (Å²) in [5, 5.41) is 4.26. The van der Waals surface area contributed by atoms with E-state index in [-0.39, 0.29) is 11.9 Å². The van der Waals surface area contributed by atoms with Crippen molar-refractivity contribution in [2.75, 3.05) is 0 Å². The third kappa shape index (κ3) is 4.81. The van der Waals surface area contributed by atoms with E-state index in [0.717, 1.165) is 18.4 Å². The molecule has 1 aliphatic carbocycles. The molecule has 3 rings (SSSR count). The van der Waals surface area contributed by atoms with Gasteiger partial charge in [-0.3, -0.25) is 4.79 Å². The topological polar surface area (TPSA) is 29.1 Å². The number of nitrogens with one attached hydrogen (secondary N) is 1. The molecule has 0 saturated carbocycles. The highest BCUT2D eigenvalue weighted by Crippen LogP contribution is 2.26. The van der Waals surface area contributed by atoms with Crippen molar-refractivity contribution in [3.8, 4) is 0 Å². The van der Waals surface area contributed by atoms with Crippen LogP contribution in [-0.4, -0.2) is 5.91 Å². The second kappa shape index (κ2) is 8.92. The third-order valence-corrected chi connectivity index (χ3v) is 5.88. The van der Waals surface area contributed by atoms with Gasteiger partial charge in [-0.2, -0.15) is 0 Å². The summed E-state index contributed by atoms with van der Waals surface area (Å²) < 4.78 is 0. The highest BCUT2D eigenvalue weighted by Gasteiger charge is 2.16. The Labute approximate surface area is 165 Å². The van der Waals surface area contributed by atoms with Crippen LogP contribution in [0.4, 0.5) is 0 Å². The van der Waals surface area contributed by atoms with E-state index in [1.165, 1.54) is 36.0 Å². The number of carbonyl (C=O) groups excluding carboxylic acids is 1. The lowest BCUT2D eigenvalue weighted by atomic mass is 9.89. The number of rotatable bonds is 6. The lowest BCUT2D eigenvalue weighted by Gasteiger charge is -2.22. The summed E-state index contributed by atoms with van der Waals surface area (Å²) in [6.45, 7) is 2.11. The number of fused-ring (bicyclic) bond motifs is 1. The van der Waals surface area contributed by atoms with Crippen LogP contribution >= 0.6 is 23.2 Å². The number of hydrogen-bond donors (Lipinski definition) is 1. The number of benzene rings is 2. The number of aryl methyl sites for hydroxylation is 3. The van der Waals surface area contributed by atoms with E-state index in [4.69, 9.17) is 23.2 Å². The summed E-state index contributed by atoms with van der Waals surface area (Å²) in [7, 11) is 0. The van der Waals surface area contributed by atoms with Gasteiger partial charge in [0, 0.05) is 6.42 Å². The first kappa shape index (κ1) is 19.3. The number of carbonyl (C=O) groups is 1. The molecule has 0 fully saturated rings. The molecular formula is C22H25Cl2NO. The van der Waals surface area contributed by atoms with Crippen molar-refractivity contribution in [3.05, 3.63) is 68.7 Å². The predicted molar refractivity (Wildman–Crippen MR) is 109 cm³/mol. The zero-order chi connectivity index (χ0) is 18.5. The van der Waals surface area contributed by atoms with Crippen molar-refractivity contribution in [2.24, 2.45) is 0 Å². The fourth-order valence-corrected chi connectivity index (χ4v) is 3.93. The van der Waals surface area contributed by atoms with Crippen molar-refractivity contribution in [3.63, 3.8) is 0 Å². The minimum absolute atomic E-state index is 0.0700. The molecule has 0 aliphatic heterocycles. The van der Waals surface area contributed by atoms with Gasteiger partial charge in [0.15, 0.2) is 0 Å². The van der Waals surface area contributed by atoms with E-state index in [1.807, 2.05) is 12.1 Å². The van der Waals surface area contributed by atoms with Crippen LogP contribution in [0.15, 0.2) is 36.4 Å². The van der Waals surface area contributed by atoms with E-state index >= 15 is 0 Å². The van der Waals surface area contributed by atoms with Gasteiger partial charge in [0.2, 0.25) is 5.91 Å². The first-order valence-corrected chi connectivity index (χ1v) is 10.2. The molecular weight excluding hydrogens is 365 g/mol. The second-order valence-corrected chi connectivity index (χ2v) is 7.83. The number of hydrogen-bond acceptors (Lipinski definition) is 1. The summed E-state index contributed by atoms with van der Waals surface area (Å²) in [5.74, 6) is 0.0700. The van der Waals surface area contributed by atoms with E-state index in [2.05, 4.69) is 30.4 Å². The lowest BCUT2D eigenvalue weighted by Crippen LogP contribution is -2.28. The van der Waals surface area contributed by atoms with Crippen LogP contribution in [0.25, 0.3) is 0 Å². The van der Waals surface area contributed by atoms with Crippen LogP contribution in [0.1, 0.15) is 60.9 Å². The van der Waals surface area contributed by atoms with Gasteiger partial charge in [-0.15, -0.1) is 0 Å². The molecule has 0 saturated heterocycles. The molecule has 1 N–H and O–H groups in total. The maximum Gasteiger partial charge on any atom is 0.220 e. The molecule has 0 aromatic heterocycles. The van der Waals surface area contributed by atoms with Crippen molar-refractivity contribution >= 4 is 29.1 Å². The van der Waals surface area contributed by atoms with Crippen LogP contribution in [-0.2, 0) is 24.1 Å². The first-order valence-electron chi connectivity index (χ1n) is 9.42. The van der Waals surface area contributed by atoms with Crippen LogP contribution in [0.3, 0.4) is 0 Å². The molecule has 0 heterocycles. The van der Waals surface area contributed by atoms with Gasteiger partial charge in [-0.25, -0.2) is 0 Å². The summed E-state index contributed by atoms with van der Waals surface area (Å²) >= 11 is 12.0. The zero-order valence-electron chi connectivity index (χ0n) is 15.2. The van der Waals surface area contributed by atoms with Gasteiger partial charge < -0.3 is 5.32 Å². The quantitative estimate of drug-likeness (QED) is 0.637. The molecule has 1 aliphatic rings. The fourth-order valence-electron chi connectivity index (χ4n) is 3.61. The molecule has 1 amide bonds. The Morgan fingerprint density at radius 2 is 1.81 bits per heavy atom. The normalized spacial score (nSPS) is 14.6. The van der Waals surface area contributed by atoms with Crippen LogP contribution in [0, 0.1) is 0 Å². The molecule has 0 radical (unpaired) electrons. The van der Waals surface area contributed by atoms with Crippen LogP contribution < -0.4 is 5.32 Å². The Balaban J connectivity index is 1.60. The van der Waals surface area contributed by atoms with E-state index in [1.54, 1.807) is 6.07 Å². The maximum atomic E-state index is 12.4. The smallest absolute Gasteiger partial charge is 0.220 e. The first-order chi connectivity index (χ1) is 12.6. The Bertz CT molecular complexity index is 788. The number of amides is 1. The summed E-state index contributed by atoms with van der Waals surface area (Å²) in [6.07, 6.45) is 6.88. The largest absolute Gasteiger partial charge is 0.349 e. The van der Waals surface area contributed by atoms with E-state index < -0.39 is 0 Å². The predicted octanol–water partition coefficient (Wildman–Crippen LogP) is 6.07. The minimum Gasteiger partial charge on any atom is -0.349 e. The van der Waals surface area contributed by atoms with E-state index in [9.17, 15) is 4.79 Å². The van der Waals surface area contributed by atoms with Crippen molar-refractivity contribution in [2.45, 2.75) is 57.9 Å². The molecule has 138 valence electrons. The maximum absolute atomic E-state index is 12.4. The summed E-state index contributed by atoms with van der Waals surface area (Å²) in [6, 6.07) is 12.3. The highest BCUT2D eigenvalue weighted by molar-refractivity contribution is 6.42. The van der Waals surface area contributed by atoms with Gasteiger partial charge in [-0.1, -0.05) is 54.4 Å². The SMILES string of the molecule is CC[C@@H](NC(=O)CCc1ccc(Cl)c(Cl)c1)c1ccc2c(c1)CCCC2. The molecule has 0 bridgehead atoms. The summed E-state index contributed by atoms with van der Waals surface area (Å²) in [5.41, 5.74) is 5.17. The van der Waals surface area contributed by atoms with Crippen molar-refractivity contribution in [1.29, 1.82) is 0 Å². The van der Waals surface area contributed by atoms with Gasteiger partial charge in [0.05, 0.1) is 16.1 Å². The Hall–Kier alpha value is -1.51. The second-order valence-electron chi connectivity index (χ2n) is 7.01. The molecule has 26 heavy (non-hydrogen) atoms. The van der Waals surface area contributed by atoms with Gasteiger partial charge >= 0.3 is 0 Å². The molecule has 2 aromatic carbocycles. The highest BCUT2D eigenvalue weighted by atomic mass is 35.5. The Kier molecular flexibility index (Phi) is 6.61. The van der Waals surface area contributed by atoms with Crippen molar-refractivity contribution < 1.29 is 4.79 Å². The third-order valence-electron chi connectivity index (χ3n) is 5.14. The van der Waals surface area contributed by atoms with Crippen molar-refractivity contribution in [1.82, 2.24) is 5.32 Å². The monoisotopic (exact) mass is 389 g/mol. The summed E-state index contributed by atoms with van der Waals surface area (Å²) in [4.78, 5) is 12.4. The van der Waals surface area contributed by atoms with Crippen LogP contribution in [0.2, 0.25) is 10.0 Å². The molecule has 0 spiro atoms.